The van der Waals surface area contributed by atoms with Gasteiger partial charge < -0.3 is 9.47 Å². The molecule has 90 valence electrons. The maximum absolute atomic E-state index is 5.40. The van der Waals surface area contributed by atoms with Crippen molar-refractivity contribution >= 4 is 11.3 Å². The SMILES string of the molecule is COc1csc(-c2cc(C)c(C)cc2OC)n1. The van der Waals surface area contributed by atoms with Crippen molar-refractivity contribution in [1.29, 1.82) is 0 Å². The van der Waals surface area contributed by atoms with E-state index in [2.05, 4.69) is 24.9 Å². The lowest BCUT2D eigenvalue weighted by Crippen LogP contribution is -1.91. The van der Waals surface area contributed by atoms with Crippen LogP contribution in [0.2, 0.25) is 0 Å². The summed E-state index contributed by atoms with van der Waals surface area (Å²) in [5, 5.41) is 2.81. The van der Waals surface area contributed by atoms with Gasteiger partial charge >= 0.3 is 0 Å². The van der Waals surface area contributed by atoms with Gasteiger partial charge in [-0.25, -0.2) is 4.98 Å². The van der Waals surface area contributed by atoms with Gasteiger partial charge in [-0.15, -0.1) is 11.3 Å². The average Bonchev–Trinajstić information content (AvgIpc) is 2.80. The smallest absolute Gasteiger partial charge is 0.224 e. The maximum atomic E-state index is 5.40. The number of aryl methyl sites for hydroxylation is 2. The number of rotatable bonds is 3. The van der Waals surface area contributed by atoms with Crippen molar-refractivity contribution in [3.8, 4) is 22.2 Å². The molecule has 0 aliphatic carbocycles. The van der Waals surface area contributed by atoms with Gasteiger partial charge in [-0.2, -0.15) is 0 Å². The van der Waals surface area contributed by atoms with E-state index in [1.807, 2.05) is 11.4 Å². The first-order valence-corrected chi connectivity index (χ1v) is 6.18. The molecule has 3 nitrogen and oxygen atoms in total. The second-order valence-electron chi connectivity index (χ2n) is 3.83. The lowest BCUT2D eigenvalue weighted by Gasteiger charge is -2.09. The summed E-state index contributed by atoms with van der Waals surface area (Å²) in [4.78, 5) is 4.39. The topological polar surface area (TPSA) is 31.4 Å². The highest BCUT2D eigenvalue weighted by molar-refractivity contribution is 7.13. The number of hydrogen-bond donors (Lipinski definition) is 0. The van der Waals surface area contributed by atoms with Crippen LogP contribution in [-0.4, -0.2) is 19.2 Å². The third kappa shape index (κ3) is 2.26. The van der Waals surface area contributed by atoms with Crippen LogP contribution < -0.4 is 9.47 Å². The number of benzene rings is 1. The van der Waals surface area contributed by atoms with Crippen LogP contribution in [0.3, 0.4) is 0 Å². The molecule has 1 aromatic carbocycles. The molecule has 1 heterocycles. The van der Waals surface area contributed by atoms with Gasteiger partial charge in [0, 0.05) is 0 Å². The number of nitrogens with zero attached hydrogens (tertiary/aromatic N) is 1. The molecule has 0 spiro atoms. The minimum atomic E-state index is 0.644. The lowest BCUT2D eigenvalue weighted by atomic mass is 10.1. The highest BCUT2D eigenvalue weighted by Crippen LogP contribution is 2.35. The first-order chi connectivity index (χ1) is 8.15. The Labute approximate surface area is 105 Å². The van der Waals surface area contributed by atoms with E-state index in [4.69, 9.17) is 9.47 Å². The van der Waals surface area contributed by atoms with Crippen LogP contribution in [0.25, 0.3) is 10.6 Å². The van der Waals surface area contributed by atoms with Crippen molar-refractivity contribution in [2.75, 3.05) is 14.2 Å². The van der Waals surface area contributed by atoms with Gasteiger partial charge in [0.2, 0.25) is 5.88 Å². The Morgan fingerprint density at radius 3 is 2.35 bits per heavy atom. The summed E-state index contributed by atoms with van der Waals surface area (Å²) in [6.07, 6.45) is 0. The molecule has 2 aromatic rings. The van der Waals surface area contributed by atoms with Crippen LogP contribution in [0.5, 0.6) is 11.6 Å². The van der Waals surface area contributed by atoms with Crippen LogP contribution >= 0.6 is 11.3 Å². The molecule has 0 saturated heterocycles. The van der Waals surface area contributed by atoms with Crippen molar-refractivity contribution < 1.29 is 9.47 Å². The molecule has 0 atom stereocenters. The molecule has 0 saturated carbocycles. The summed E-state index contributed by atoms with van der Waals surface area (Å²) in [6, 6.07) is 4.14. The molecule has 1 aromatic heterocycles. The zero-order valence-corrected chi connectivity index (χ0v) is 11.2. The number of ether oxygens (including phenoxy) is 2. The Kier molecular flexibility index (Phi) is 3.33. The molecule has 0 bridgehead atoms. The molecule has 0 N–H and O–H groups in total. The fourth-order valence-electron chi connectivity index (χ4n) is 1.60. The van der Waals surface area contributed by atoms with Crippen LogP contribution in [0.15, 0.2) is 17.5 Å². The number of hydrogen-bond acceptors (Lipinski definition) is 4. The minimum Gasteiger partial charge on any atom is -0.496 e. The van der Waals surface area contributed by atoms with E-state index in [9.17, 15) is 0 Å². The predicted octanol–water partition coefficient (Wildman–Crippen LogP) is 3.44. The normalized spacial score (nSPS) is 10.4. The van der Waals surface area contributed by atoms with Gasteiger partial charge in [-0.3, -0.25) is 0 Å². The molecule has 2 rings (SSSR count). The molecule has 4 heteroatoms. The molecule has 17 heavy (non-hydrogen) atoms. The minimum absolute atomic E-state index is 0.644. The lowest BCUT2D eigenvalue weighted by molar-refractivity contribution is 0.400. The van der Waals surface area contributed by atoms with Gasteiger partial charge in [0.05, 0.1) is 25.2 Å². The van der Waals surface area contributed by atoms with E-state index in [1.54, 1.807) is 25.6 Å². The van der Waals surface area contributed by atoms with E-state index in [0.717, 1.165) is 16.3 Å². The van der Waals surface area contributed by atoms with Crippen molar-refractivity contribution in [3.63, 3.8) is 0 Å². The standard InChI is InChI=1S/C13H15NO2S/c1-8-5-10(11(15-3)6-9(8)2)13-14-12(16-4)7-17-13/h5-7H,1-4H3. The zero-order valence-electron chi connectivity index (χ0n) is 10.4. The molecule has 0 aliphatic rings. The monoisotopic (exact) mass is 249 g/mol. The molecule has 0 unspecified atom stereocenters. The molecule has 0 radical (unpaired) electrons. The number of thiazole rings is 1. The van der Waals surface area contributed by atoms with Crippen molar-refractivity contribution in [2.24, 2.45) is 0 Å². The second-order valence-corrected chi connectivity index (χ2v) is 4.69. The summed E-state index contributed by atoms with van der Waals surface area (Å²) in [5.41, 5.74) is 3.47. The fraction of sp³-hybridized carbons (Fsp3) is 0.308. The number of aromatic nitrogens is 1. The van der Waals surface area contributed by atoms with E-state index in [0.29, 0.717) is 5.88 Å². The van der Waals surface area contributed by atoms with E-state index >= 15 is 0 Å². The van der Waals surface area contributed by atoms with Crippen LogP contribution in [0.4, 0.5) is 0 Å². The van der Waals surface area contributed by atoms with Gasteiger partial charge in [0.25, 0.3) is 0 Å². The first kappa shape index (κ1) is 11.9. The predicted molar refractivity (Wildman–Crippen MR) is 70.1 cm³/mol. The van der Waals surface area contributed by atoms with E-state index in [-0.39, 0.29) is 0 Å². The van der Waals surface area contributed by atoms with E-state index in [1.165, 1.54) is 11.1 Å². The third-order valence-electron chi connectivity index (χ3n) is 2.74. The Balaban J connectivity index is 2.53. The van der Waals surface area contributed by atoms with Gasteiger partial charge in [0.15, 0.2) is 0 Å². The summed E-state index contributed by atoms with van der Waals surface area (Å²) < 4.78 is 10.5. The molecule has 0 aliphatic heterocycles. The Morgan fingerprint density at radius 2 is 1.76 bits per heavy atom. The van der Waals surface area contributed by atoms with E-state index < -0.39 is 0 Å². The molecular weight excluding hydrogens is 234 g/mol. The van der Waals surface area contributed by atoms with Crippen LogP contribution in [0.1, 0.15) is 11.1 Å². The van der Waals surface area contributed by atoms with Crippen LogP contribution in [-0.2, 0) is 0 Å². The highest BCUT2D eigenvalue weighted by Gasteiger charge is 2.12. The van der Waals surface area contributed by atoms with Gasteiger partial charge in [-0.05, 0) is 37.1 Å². The largest absolute Gasteiger partial charge is 0.496 e. The van der Waals surface area contributed by atoms with Crippen molar-refractivity contribution in [1.82, 2.24) is 4.98 Å². The fourth-order valence-corrected chi connectivity index (χ4v) is 2.39. The Morgan fingerprint density at radius 1 is 1.06 bits per heavy atom. The average molecular weight is 249 g/mol. The molecule has 0 amide bonds. The highest BCUT2D eigenvalue weighted by atomic mass is 32.1. The van der Waals surface area contributed by atoms with Crippen LogP contribution in [0, 0.1) is 13.8 Å². The Hall–Kier alpha value is -1.55. The molecule has 0 fully saturated rings. The number of methoxy groups -OCH3 is 2. The second kappa shape index (κ2) is 4.75. The Bertz CT molecular complexity index is 534. The summed E-state index contributed by atoms with van der Waals surface area (Å²) in [5.74, 6) is 1.50. The summed E-state index contributed by atoms with van der Waals surface area (Å²) in [7, 11) is 3.30. The summed E-state index contributed by atoms with van der Waals surface area (Å²) in [6.45, 7) is 4.16. The van der Waals surface area contributed by atoms with Gasteiger partial charge in [0.1, 0.15) is 10.8 Å². The van der Waals surface area contributed by atoms with Gasteiger partial charge in [-0.1, -0.05) is 0 Å². The maximum Gasteiger partial charge on any atom is 0.224 e. The summed E-state index contributed by atoms with van der Waals surface area (Å²) >= 11 is 1.56. The molecular formula is C13H15NO2S. The third-order valence-corrected chi connectivity index (χ3v) is 3.59. The quantitative estimate of drug-likeness (QED) is 0.835. The zero-order chi connectivity index (χ0) is 12.4. The first-order valence-electron chi connectivity index (χ1n) is 5.31. The van der Waals surface area contributed by atoms with Crippen molar-refractivity contribution in [3.05, 3.63) is 28.6 Å². The van der Waals surface area contributed by atoms with Crippen molar-refractivity contribution in [2.45, 2.75) is 13.8 Å².